The van der Waals surface area contributed by atoms with E-state index in [0.717, 1.165) is 24.9 Å². The highest BCUT2D eigenvalue weighted by Gasteiger charge is 2.31. The first-order valence-corrected chi connectivity index (χ1v) is 6.53. The average molecular weight is 247 g/mol. The molecular weight excluding hydrogens is 230 g/mol. The van der Waals surface area contributed by atoms with Crippen molar-refractivity contribution < 1.29 is 9.90 Å². The van der Waals surface area contributed by atoms with Gasteiger partial charge in [-0.3, -0.25) is 0 Å². The SMILES string of the molecule is O=C(O)c1ccnc(N2CC3CCCC(C3)C2)n1. The fourth-order valence-electron chi connectivity index (χ4n) is 3.22. The quantitative estimate of drug-likeness (QED) is 0.863. The van der Waals surface area contributed by atoms with Gasteiger partial charge in [0.05, 0.1) is 0 Å². The number of carboxylic acids is 1. The van der Waals surface area contributed by atoms with Crippen molar-refractivity contribution in [1.29, 1.82) is 0 Å². The molecule has 2 unspecified atom stereocenters. The van der Waals surface area contributed by atoms with Crippen LogP contribution in [0, 0.1) is 11.8 Å². The summed E-state index contributed by atoms with van der Waals surface area (Å²) in [4.78, 5) is 21.4. The zero-order valence-electron chi connectivity index (χ0n) is 10.2. The van der Waals surface area contributed by atoms with E-state index >= 15 is 0 Å². The monoisotopic (exact) mass is 247 g/mol. The molecule has 2 aliphatic rings. The van der Waals surface area contributed by atoms with Gasteiger partial charge in [0.25, 0.3) is 0 Å². The number of piperidine rings is 1. The first kappa shape index (κ1) is 11.4. The second-order valence-electron chi connectivity index (χ2n) is 5.35. The topological polar surface area (TPSA) is 66.3 Å². The minimum Gasteiger partial charge on any atom is -0.477 e. The zero-order chi connectivity index (χ0) is 12.5. The van der Waals surface area contributed by atoms with Crippen molar-refractivity contribution in [3.8, 4) is 0 Å². The lowest BCUT2D eigenvalue weighted by Gasteiger charge is -2.41. The minimum absolute atomic E-state index is 0.0794. The van der Waals surface area contributed by atoms with E-state index in [2.05, 4.69) is 14.9 Å². The van der Waals surface area contributed by atoms with Crippen LogP contribution in [0.15, 0.2) is 12.3 Å². The van der Waals surface area contributed by atoms with Crippen LogP contribution in [0.5, 0.6) is 0 Å². The van der Waals surface area contributed by atoms with Crippen LogP contribution in [-0.4, -0.2) is 34.1 Å². The van der Waals surface area contributed by atoms with Gasteiger partial charge in [0.1, 0.15) is 0 Å². The number of rotatable bonds is 2. The number of aromatic carboxylic acids is 1. The summed E-state index contributed by atoms with van der Waals surface area (Å²) in [7, 11) is 0. The van der Waals surface area contributed by atoms with E-state index in [1.54, 1.807) is 0 Å². The molecule has 1 aliphatic heterocycles. The number of fused-ring (bicyclic) bond motifs is 2. The van der Waals surface area contributed by atoms with Gasteiger partial charge in [0, 0.05) is 19.3 Å². The van der Waals surface area contributed by atoms with Gasteiger partial charge < -0.3 is 10.0 Å². The summed E-state index contributed by atoms with van der Waals surface area (Å²) < 4.78 is 0. The molecule has 3 rings (SSSR count). The van der Waals surface area contributed by atoms with Gasteiger partial charge >= 0.3 is 5.97 Å². The molecule has 0 spiro atoms. The molecule has 1 aliphatic carbocycles. The molecule has 1 saturated carbocycles. The number of hydrogen-bond donors (Lipinski definition) is 1. The number of carboxylic acid groups (broad SMARTS) is 1. The number of hydrogen-bond acceptors (Lipinski definition) is 4. The van der Waals surface area contributed by atoms with Crippen LogP contribution in [0.4, 0.5) is 5.95 Å². The van der Waals surface area contributed by atoms with Crippen molar-refractivity contribution in [2.75, 3.05) is 18.0 Å². The highest BCUT2D eigenvalue weighted by Crippen LogP contribution is 2.35. The van der Waals surface area contributed by atoms with Gasteiger partial charge in [0.15, 0.2) is 5.69 Å². The number of anilines is 1. The van der Waals surface area contributed by atoms with Crippen LogP contribution in [0.25, 0.3) is 0 Å². The van der Waals surface area contributed by atoms with Gasteiger partial charge in [-0.25, -0.2) is 14.8 Å². The molecule has 1 saturated heterocycles. The third-order valence-corrected chi connectivity index (χ3v) is 3.99. The normalized spacial score (nSPS) is 27.0. The second-order valence-corrected chi connectivity index (χ2v) is 5.35. The molecule has 0 amide bonds. The molecule has 2 atom stereocenters. The van der Waals surface area contributed by atoms with Crippen LogP contribution >= 0.6 is 0 Å². The molecule has 2 bridgehead atoms. The predicted octanol–water partition coefficient (Wildman–Crippen LogP) is 1.80. The molecule has 1 aromatic rings. The minimum atomic E-state index is -0.990. The first-order valence-electron chi connectivity index (χ1n) is 6.53. The summed E-state index contributed by atoms with van der Waals surface area (Å²) in [6.07, 6.45) is 6.75. The Morgan fingerprint density at radius 1 is 1.33 bits per heavy atom. The van der Waals surface area contributed by atoms with E-state index in [0.29, 0.717) is 5.95 Å². The van der Waals surface area contributed by atoms with Crippen LogP contribution in [0.1, 0.15) is 36.2 Å². The summed E-state index contributed by atoms with van der Waals surface area (Å²) in [6.45, 7) is 1.94. The lowest BCUT2D eigenvalue weighted by Crippen LogP contribution is -2.43. The fourth-order valence-corrected chi connectivity index (χ4v) is 3.22. The predicted molar refractivity (Wildman–Crippen MR) is 66.7 cm³/mol. The van der Waals surface area contributed by atoms with Crippen LogP contribution in [-0.2, 0) is 0 Å². The number of aromatic nitrogens is 2. The van der Waals surface area contributed by atoms with Crippen molar-refractivity contribution in [3.63, 3.8) is 0 Å². The van der Waals surface area contributed by atoms with E-state index in [1.165, 1.54) is 37.9 Å². The first-order chi connectivity index (χ1) is 8.72. The molecule has 1 N–H and O–H groups in total. The van der Waals surface area contributed by atoms with E-state index in [1.807, 2.05) is 0 Å². The van der Waals surface area contributed by atoms with E-state index in [4.69, 9.17) is 5.11 Å². The maximum atomic E-state index is 10.9. The smallest absolute Gasteiger partial charge is 0.354 e. The largest absolute Gasteiger partial charge is 0.477 e. The van der Waals surface area contributed by atoms with E-state index in [-0.39, 0.29) is 5.69 Å². The zero-order valence-corrected chi connectivity index (χ0v) is 10.2. The highest BCUT2D eigenvalue weighted by molar-refractivity contribution is 5.85. The molecule has 5 heteroatoms. The van der Waals surface area contributed by atoms with E-state index in [9.17, 15) is 4.79 Å². The van der Waals surface area contributed by atoms with E-state index < -0.39 is 5.97 Å². The third kappa shape index (κ3) is 2.17. The Morgan fingerprint density at radius 3 is 2.72 bits per heavy atom. The maximum absolute atomic E-state index is 10.9. The van der Waals surface area contributed by atoms with Gasteiger partial charge in [0.2, 0.25) is 5.95 Å². The van der Waals surface area contributed by atoms with Crippen molar-refractivity contribution >= 4 is 11.9 Å². The van der Waals surface area contributed by atoms with Gasteiger partial charge in [-0.2, -0.15) is 0 Å². The molecule has 18 heavy (non-hydrogen) atoms. The summed E-state index contributed by atoms with van der Waals surface area (Å²) in [5, 5.41) is 8.96. The summed E-state index contributed by atoms with van der Waals surface area (Å²) >= 11 is 0. The molecule has 0 aromatic carbocycles. The van der Waals surface area contributed by atoms with Crippen LogP contribution in [0.3, 0.4) is 0 Å². The summed E-state index contributed by atoms with van der Waals surface area (Å²) in [5.41, 5.74) is 0.0794. The van der Waals surface area contributed by atoms with Gasteiger partial charge in [-0.05, 0) is 37.2 Å². The number of nitrogens with zero attached hydrogens (tertiary/aromatic N) is 3. The third-order valence-electron chi connectivity index (χ3n) is 3.99. The molecule has 5 nitrogen and oxygen atoms in total. The molecule has 1 aromatic heterocycles. The summed E-state index contributed by atoms with van der Waals surface area (Å²) in [6, 6.07) is 1.44. The van der Waals surface area contributed by atoms with Crippen molar-refractivity contribution in [2.24, 2.45) is 11.8 Å². The Balaban J connectivity index is 1.82. The fraction of sp³-hybridized carbons (Fsp3) is 0.615. The molecule has 0 radical (unpaired) electrons. The van der Waals surface area contributed by atoms with Gasteiger partial charge in [-0.1, -0.05) is 6.42 Å². The van der Waals surface area contributed by atoms with Crippen molar-refractivity contribution in [1.82, 2.24) is 9.97 Å². The van der Waals surface area contributed by atoms with Crippen LogP contribution in [0.2, 0.25) is 0 Å². The molecular formula is C13H17N3O2. The Kier molecular flexibility index (Phi) is 2.89. The molecule has 96 valence electrons. The highest BCUT2D eigenvalue weighted by atomic mass is 16.4. The molecule has 2 fully saturated rings. The molecule has 2 heterocycles. The van der Waals surface area contributed by atoms with Crippen LogP contribution < -0.4 is 4.90 Å². The van der Waals surface area contributed by atoms with Gasteiger partial charge in [-0.15, -0.1) is 0 Å². The average Bonchev–Trinajstić information content (AvgIpc) is 2.38. The summed E-state index contributed by atoms with van der Waals surface area (Å²) in [5.74, 6) is 1.05. The lowest BCUT2D eigenvalue weighted by atomic mass is 9.78. The Hall–Kier alpha value is -1.65. The van der Waals surface area contributed by atoms with Crippen molar-refractivity contribution in [3.05, 3.63) is 18.0 Å². The Labute approximate surface area is 106 Å². The Bertz CT molecular complexity index is 451. The van der Waals surface area contributed by atoms with Crippen molar-refractivity contribution in [2.45, 2.75) is 25.7 Å². The standard InChI is InChI=1S/C13H17N3O2/c17-12(18)11-4-5-14-13(15-11)16-7-9-2-1-3-10(6-9)8-16/h4-5,9-10H,1-3,6-8H2,(H,17,18). The lowest BCUT2D eigenvalue weighted by molar-refractivity contribution is 0.0690. The number of carbonyl (C=O) groups is 1. The second kappa shape index (κ2) is 4.55. The Morgan fingerprint density at radius 2 is 2.06 bits per heavy atom. The maximum Gasteiger partial charge on any atom is 0.354 e.